The van der Waals surface area contributed by atoms with Gasteiger partial charge < -0.3 is 10.1 Å². The third-order valence-corrected chi connectivity index (χ3v) is 3.16. The Kier molecular flexibility index (Phi) is 4.73. The summed E-state index contributed by atoms with van der Waals surface area (Å²) in [6.07, 6.45) is 4.89. The summed E-state index contributed by atoms with van der Waals surface area (Å²) < 4.78 is 5.30. The molecule has 1 aliphatic carbocycles. The van der Waals surface area contributed by atoms with Crippen LogP contribution in [0.3, 0.4) is 0 Å². The van der Waals surface area contributed by atoms with Crippen molar-refractivity contribution in [2.75, 3.05) is 17.3 Å². The molecule has 7 nitrogen and oxygen atoms in total. The smallest absolute Gasteiger partial charge is 0.323 e. The Morgan fingerprint density at radius 2 is 2.00 bits per heavy atom. The molecule has 106 valence electrons. The lowest BCUT2D eigenvalue weighted by molar-refractivity contribution is 0.312. The average molecular weight is 266 g/mol. The lowest BCUT2D eigenvalue weighted by atomic mass is 10.1. The molecule has 1 fully saturated rings. The number of nitrogens with zero attached hydrogens (tertiary/aromatic N) is 3. The molecular formula is C12H22N6O. The van der Waals surface area contributed by atoms with Gasteiger partial charge in [0.25, 0.3) is 0 Å². The number of nitrogens with one attached hydrogen (secondary N) is 2. The van der Waals surface area contributed by atoms with Crippen LogP contribution in [0.15, 0.2) is 0 Å². The van der Waals surface area contributed by atoms with Gasteiger partial charge in [-0.05, 0) is 25.7 Å². The van der Waals surface area contributed by atoms with E-state index in [4.69, 9.17) is 10.6 Å². The molecular weight excluding hydrogens is 244 g/mol. The maximum Gasteiger partial charge on any atom is 0.323 e. The van der Waals surface area contributed by atoms with Gasteiger partial charge in [0.2, 0.25) is 11.9 Å². The second kappa shape index (κ2) is 6.51. The maximum atomic E-state index is 5.35. The minimum absolute atomic E-state index is 0.286. The summed E-state index contributed by atoms with van der Waals surface area (Å²) in [5, 5.41) is 3.34. The van der Waals surface area contributed by atoms with Gasteiger partial charge in [-0.1, -0.05) is 19.8 Å². The molecule has 0 aliphatic heterocycles. The van der Waals surface area contributed by atoms with E-state index in [0.29, 0.717) is 24.5 Å². The molecule has 0 saturated heterocycles. The van der Waals surface area contributed by atoms with Crippen LogP contribution >= 0.6 is 0 Å². The van der Waals surface area contributed by atoms with Gasteiger partial charge in [-0.2, -0.15) is 15.0 Å². The van der Waals surface area contributed by atoms with Crippen molar-refractivity contribution in [3.8, 4) is 6.01 Å². The highest BCUT2D eigenvalue weighted by molar-refractivity contribution is 5.35. The zero-order valence-electron chi connectivity index (χ0n) is 11.5. The summed E-state index contributed by atoms with van der Waals surface area (Å²) in [6, 6.07) is 0.671. The highest BCUT2D eigenvalue weighted by atomic mass is 16.5. The minimum Gasteiger partial charge on any atom is -0.464 e. The Bertz CT molecular complexity index is 409. The number of hydrazine groups is 1. The van der Waals surface area contributed by atoms with E-state index in [9.17, 15) is 0 Å². The molecule has 1 saturated carbocycles. The number of hydrogen-bond acceptors (Lipinski definition) is 7. The van der Waals surface area contributed by atoms with E-state index >= 15 is 0 Å². The predicted octanol–water partition coefficient (Wildman–Crippen LogP) is 1.55. The van der Waals surface area contributed by atoms with E-state index in [1.165, 1.54) is 12.8 Å². The van der Waals surface area contributed by atoms with Gasteiger partial charge in [-0.25, -0.2) is 5.84 Å². The van der Waals surface area contributed by atoms with E-state index in [1.807, 2.05) is 6.92 Å². The Morgan fingerprint density at radius 1 is 1.26 bits per heavy atom. The molecule has 0 spiro atoms. The second-order valence-electron chi connectivity index (χ2n) is 4.77. The number of hydrogen-bond donors (Lipinski definition) is 3. The predicted molar refractivity (Wildman–Crippen MR) is 73.8 cm³/mol. The molecule has 0 amide bonds. The van der Waals surface area contributed by atoms with Gasteiger partial charge in [0.1, 0.15) is 0 Å². The van der Waals surface area contributed by atoms with Crippen LogP contribution in [0.25, 0.3) is 0 Å². The lowest BCUT2D eigenvalue weighted by Gasteiger charge is -2.17. The fraction of sp³-hybridized carbons (Fsp3) is 0.750. The van der Waals surface area contributed by atoms with Crippen molar-refractivity contribution in [3.05, 3.63) is 0 Å². The third-order valence-electron chi connectivity index (χ3n) is 3.16. The number of ether oxygens (including phenoxy) is 1. The number of nitrogens with two attached hydrogens (primary N) is 1. The zero-order chi connectivity index (χ0) is 13.7. The first-order valence-corrected chi connectivity index (χ1v) is 6.87. The summed E-state index contributed by atoms with van der Waals surface area (Å²) in [4.78, 5) is 12.5. The second-order valence-corrected chi connectivity index (χ2v) is 4.77. The van der Waals surface area contributed by atoms with Crippen LogP contribution < -0.4 is 21.3 Å². The van der Waals surface area contributed by atoms with Crippen molar-refractivity contribution >= 4 is 11.9 Å². The largest absolute Gasteiger partial charge is 0.464 e. The van der Waals surface area contributed by atoms with Crippen LogP contribution in [0.5, 0.6) is 6.01 Å². The van der Waals surface area contributed by atoms with Crippen molar-refractivity contribution in [3.63, 3.8) is 0 Å². The summed E-state index contributed by atoms with van der Waals surface area (Å²) in [5.74, 6) is 7.03. The van der Waals surface area contributed by atoms with Gasteiger partial charge in [-0.15, -0.1) is 0 Å². The quantitative estimate of drug-likeness (QED) is 0.485. The van der Waals surface area contributed by atoms with E-state index < -0.39 is 0 Å². The lowest BCUT2D eigenvalue weighted by Crippen LogP contribution is -2.22. The molecule has 0 bridgehead atoms. The summed E-state index contributed by atoms with van der Waals surface area (Å²) >= 11 is 0. The topological polar surface area (TPSA) is 98.0 Å². The van der Waals surface area contributed by atoms with Crippen molar-refractivity contribution in [1.29, 1.82) is 0 Å². The van der Waals surface area contributed by atoms with Gasteiger partial charge in [0.15, 0.2) is 0 Å². The number of nitrogen functional groups attached to an aromatic ring is 1. The molecule has 19 heavy (non-hydrogen) atoms. The minimum atomic E-state index is 0.286. The van der Waals surface area contributed by atoms with E-state index in [-0.39, 0.29) is 6.01 Å². The molecule has 2 rings (SSSR count). The molecule has 0 radical (unpaired) electrons. The first-order chi connectivity index (χ1) is 9.25. The van der Waals surface area contributed by atoms with Crippen molar-refractivity contribution in [2.24, 2.45) is 11.8 Å². The summed E-state index contributed by atoms with van der Waals surface area (Å²) in [5.41, 5.74) is 2.43. The monoisotopic (exact) mass is 266 g/mol. The third kappa shape index (κ3) is 4.20. The maximum absolute atomic E-state index is 5.35. The SMILES string of the molecule is CCOc1nc(NN)nc(NC(CC)CC2CC2)n1. The first kappa shape index (κ1) is 13.8. The van der Waals surface area contributed by atoms with Crippen molar-refractivity contribution in [1.82, 2.24) is 15.0 Å². The van der Waals surface area contributed by atoms with Crippen molar-refractivity contribution < 1.29 is 4.74 Å². The fourth-order valence-corrected chi connectivity index (χ4v) is 1.95. The molecule has 1 aliphatic rings. The first-order valence-electron chi connectivity index (χ1n) is 6.87. The Morgan fingerprint density at radius 3 is 2.58 bits per heavy atom. The Labute approximate surface area is 113 Å². The van der Waals surface area contributed by atoms with E-state index in [1.54, 1.807) is 0 Å². The molecule has 4 N–H and O–H groups in total. The highest BCUT2D eigenvalue weighted by Gasteiger charge is 2.25. The number of rotatable bonds is 8. The van der Waals surface area contributed by atoms with Crippen LogP contribution in [0.1, 0.15) is 39.5 Å². The zero-order valence-corrected chi connectivity index (χ0v) is 11.5. The normalized spacial score (nSPS) is 15.9. The van der Waals surface area contributed by atoms with Gasteiger partial charge >= 0.3 is 6.01 Å². The van der Waals surface area contributed by atoms with Crippen LogP contribution in [-0.4, -0.2) is 27.6 Å². The molecule has 1 unspecified atom stereocenters. The molecule has 1 atom stereocenters. The van der Waals surface area contributed by atoms with Gasteiger partial charge in [0, 0.05) is 6.04 Å². The van der Waals surface area contributed by atoms with E-state index in [2.05, 4.69) is 32.6 Å². The highest BCUT2D eigenvalue weighted by Crippen LogP contribution is 2.34. The molecule has 0 aromatic carbocycles. The average Bonchev–Trinajstić information content (AvgIpc) is 3.22. The van der Waals surface area contributed by atoms with Crippen LogP contribution in [0, 0.1) is 5.92 Å². The standard InChI is InChI=1S/C12H22N6O/c1-3-9(7-8-5-6-8)14-10-15-11(18-13)17-12(16-10)19-4-2/h8-9H,3-7,13H2,1-2H3,(H2,14,15,16,17,18). The summed E-state index contributed by atoms with van der Waals surface area (Å²) in [6.45, 7) is 4.55. The molecule has 1 heterocycles. The van der Waals surface area contributed by atoms with Gasteiger partial charge in [-0.3, -0.25) is 5.43 Å². The molecule has 7 heteroatoms. The van der Waals surface area contributed by atoms with Crippen LogP contribution in [-0.2, 0) is 0 Å². The molecule has 1 aromatic rings. The fourth-order valence-electron chi connectivity index (χ4n) is 1.95. The Balaban J connectivity index is 2.05. The van der Waals surface area contributed by atoms with Gasteiger partial charge in [0.05, 0.1) is 6.61 Å². The van der Waals surface area contributed by atoms with Crippen LogP contribution in [0.2, 0.25) is 0 Å². The molecule has 1 aromatic heterocycles. The number of anilines is 2. The van der Waals surface area contributed by atoms with E-state index in [0.717, 1.165) is 18.8 Å². The summed E-state index contributed by atoms with van der Waals surface area (Å²) in [7, 11) is 0. The Hall–Kier alpha value is -1.63. The van der Waals surface area contributed by atoms with Crippen molar-refractivity contribution in [2.45, 2.75) is 45.6 Å². The van der Waals surface area contributed by atoms with Crippen LogP contribution in [0.4, 0.5) is 11.9 Å². The number of aromatic nitrogens is 3.